The van der Waals surface area contributed by atoms with Gasteiger partial charge in [0.2, 0.25) is 11.8 Å². The van der Waals surface area contributed by atoms with Gasteiger partial charge < -0.3 is 15.1 Å². The first-order valence-electron chi connectivity index (χ1n) is 9.86. The van der Waals surface area contributed by atoms with Crippen molar-refractivity contribution in [2.24, 2.45) is 5.92 Å². The lowest BCUT2D eigenvalue weighted by Gasteiger charge is -2.27. The van der Waals surface area contributed by atoms with Crippen molar-refractivity contribution in [2.75, 3.05) is 29.4 Å². The quantitative estimate of drug-likeness (QED) is 0.754. The van der Waals surface area contributed by atoms with Crippen LogP contribution in [0.1, 0.15) is 35.4 Å². The second-order valence-corrected chi connectivity index (χ2v) is 9.21. The third kappa shape index (κ3) is 4.34. The minimum Gasteiger partial charge on any atom is -0.351 e. The van der Waals surface area contributed by atoms with Gasteiger partial charge in [-0.2, -0.15) is 0 Å². The molecule has 3 heterocycles. The Hall–Kier alpha value is -2.45. The maximum Gasteiger partial charge on any atom is 0.264 e. The van der Waals surface area contributed by atoms with Crippen LogP contribution in [0.2, 0.25) is 4.34 Å². The number of anilines is 2. The number of nitrogens with zero attached hydrogens (tertiary/aromatic N) is 2. The molecule has 2 aromatic rings. The van der Waals surface area contributed by atoms with Crippen molar-refractivity contribution >= 4 is 52.0 Å². The highest BCUT2D eigenvalue weighted by Gasteiger charge is 2.31. The average molecular weight is 450 g/mol. The Kier molecular flexibility index (Phi) is 6.06. The van der Waals surface area contributed by atoms with Crippen molar-refractivity contribution in [2.45, 2.75) is 25.7 Å². The fraction of sp³-hybridized carbons (Fsp3) is 0.381. The Morgan fingerprint density at radius 3 is 2.47 bits per heavy atom. The van der Waals surface area contributed by atoms with Gasteiger partial charge in [0.1, 0.15) is 10.7 Å². The second-order valence-electron chi connectivity index (χ2n) is 7.53. The second kappa shape index (κ2) is 8.73. The third-order valence-electron chi connectivity index (χ3n) is 5.42. The van der Waals surface area contributed by atoms with E-state index < -0.39 is 11.7 Å². The van der Waals surface area contributed by atoms with Crippen molar-refractivity contribution in [1.29, 1.82) is 0 Å². The minimum atomic E-state index is -0.640. The van der Waals surface area contributed by atoms with E-state index in [1.54, 1.807) is 9.80 Å². The molecule has 0 spiro atoms. The van der Waals surface area contributed by atoms with Gasteiger partial charge >= 0.3 is 0 Å². The maximum atomic E-state index is 13.7. The predicted molar refractivity (Wildman–Crippen MR) is 115 cm³/mol. The van der Waals surface area contributed by atoms with E-state index in [4.69, 9.17) is 11.6 Å². The molecule has 9 heteroatoms. The number of piperidine rings is 1. The number of halogens is 2. The molecule has 1 N–H and O–H groups in total. The van der Waals surface area contributed by atoms with Crippen LogP contribution in [0.4, 0.5) is 15.8 Å². The van der Waals surface area contributed by atoms with Crippen molar-refractivity contribution in [3.63, 3.8) is 0 Å². The Labute approximate surface area is 182 Å². The van der Waals surface area contributed by atoms with E-state index >= 15 is 0 Å². The summed E-state index contributed by atoms with van der Waals surface area (Å²) in [6.45, 7) is 1.46. The minimum absolute atomic E-state index is 0.0265. The highest BCUT2D eigenvalue weighted by molar-refractivity contribution is 7.18. The van der Waals surface area contributed by atoms with E-state index in [0.29, 0.717) is 19.4 Å². The first-order chi connectivity index (χ1) is 14.4. The Morgan fingerprint density at radius 1 is 1.13 bits per heavy atom. The van der Waals surface area contributed by atoms with Crippen molar-refractivity contribution in [1.82, 2.24) is 5.32 Å². The molecule has 1 unspecified atom stereocenters. The molecule has 2 aliphatic heterocycles. The van der Waals surface area contributed by atoms with E-state index in [-0.39, 0.29) is 33.5 Å². The molecule has 2 fully saturated rings. The predicted octanol–water partition coefficient (Wildman–Crippen LogP) is 3.84. The van der Waals surface area contributed by atoms with Gasteiger partial charge in [-0.15, -0.1) is 11.3 Å². The van der Waals surface area contributed by atoms with Crippen LogP contribution in [-0.4, -0.2) is 37.4 Å². The molecule has 0 radical (unpaired) electrons. The first kappa shape index (κ1) is 20.8. The zero-order valence-corrected chi connectivity index (χ0v) is 17.8. The normalized spacial score (nSPS) is 19.5. The van der Waals surface area contributed by atoms with Crippen molar-refractivity contribution in [3.05, 3.63) is 45.4 Å². The monoisotopic (exact) mass is 449 g/mol. The Bertz CT molecular complexity index is 978. The van der Waals surface area contributed by atoms with Crippen LogP contribution in [-0.2, 0) is 9.59 Å². The molecule has 1 aromatic heterocycles. The van der Waals surface area contributed by atoms with Crippen LogP contribution in [0, 0.1) is 11.7 Å². The highest BCUT2D eigenvalue weighted by atomic mass is 35.5. The fourth-order valence-corrected chi connectivity index (χ4v) is 4.88. The standard InChI is InChI=1S/C21H21ClFN3O3S/c22-17-10-16(23)20(30-17)21(29)24-11-13-9-19(28)26(12-13)15-6-4-14(5-7-15)25-8-2-1-3-18(25)27/h4-7,10,13H,1-3,8-9,11-12H2,(H,24,29). The van der Waals surface area contributed by atoms with Gasteiger partial charge in [0.15, 0.2) is 0 Å². The lowest BCUT2D eigenvalue weighted by Crippen LogP contribution is -2.35. The number of rotatable bonds is 5. The topological polar surface area (TPSA) is 69.7 Å². The number of hydrogen-bond donors (Lipinski definition) is 1. The molecule has 2 aliphatic rings. The summed E-state index contributed by atoms with van der Waals surface area (Å²) in [6.07, 6.45) is 2.80. The number of nitrogens with one attached hydrogen (secondary N) is 1. The van der Waals surface area contributed by atoms with Gasteiger partial charge in [0, 0.05) is 55.8 Å². The van der Waals surface area contributed by atoms with E-state index in [1.165, 1.54) is 0 Å². The number of carbonyl (C=O) groups excluding carboxylic acids is 3. The van der Waals surface area contributed by atoms with Crippen molar-refractivity contribution in [3.8, 4) is 0 Å². The summed E-state index contributed by atoms with van der Waals surface area (Å²) in [5, 5.41) is 2.69. The number of hydrogen-bond acceptors (Lipinski definition) is 4. The zero-order valence-electron chi connectivity index (χ0n) is 16.2. The zero-order chi connectivity index (χ0) is 21.3. The van der Waals surface area contributed by atoms with Crippen LogP contribution in [0.25, 0.3) is 0 Å². The Balaban J connectivity index is 1.36. The van der Waals surface area contributed by atoms with Crippen molar-refractivity contribution < 1.29 is 18.8 Å². The molecule has 0 saturated carbocycles. The molecule has 1 atom stereocenters. The summed E-state index contributed by atoms with van der Waals surface area (Å²) >= 11 is 6.63. The lowest BCUT2D eigenvalue weighted by molar-refractivity contribution is -0.119. The van der Waals surface area contributed by atoms with Crippen LogP contribution < -0.4 is 15.1 Å². The molecule has 2 saturated heterocycles. The highest BCUT2D eigenvalue weighted by Crippen LogP contribution is 2.29. The van der Waals surface area contributed by atoms with Crippen LogP contribution in [0.3, 0.4) is 0 Å². The van der Waals surface area contributed by atoms with Gasteiger partial charge in [0.05, 0.1) is 4.34 Å². The summed E-state index contributed by atoms with van der Waals surface area (Å²) < 4.78 is 13.9. The fourth-order valence-electron chi connectivity index (χ4n) is 3.87. The molecule has 1 aromatic carbocycles. The summed E-state index contributed by atoms with van der Waals surface area (Å²) in [5.41, 5.74) is 1.61. The molecule has 0 aliphatic carbocycles. The molecule has 158 valence electrons. The maximum absolute atomic E-state index is 13.7. The lowest BCUT2D eigenvalue weighted by atomic mass is 10.1. The van der Waals surface area contributed by atoms with Gasteiger partial charge in [0.25, 0.3) is 5.91 Å². The first-order valence-corrected chi connectivity index (χ1v) is 11.1. The molecular formula is C21H21ClFN3O3S. The van der Waals surface area contributed by atoms with Gasteiger partial charge in [-0.05, 0) is 37.1 Å². The summed E-state index contributed by atoms with van der Waals surface area (Å²) in [7, 11) is 0. The van der Waals surface area contributed by atoms with Crippen LogP contribution in [0.5, 0.6) is 0 Å². The molecule has 3 amide bonds. The summed E-state index contributed by atoms with van der Waals surface area (Å²) in [6, 6.07) is 8.54. The number of thiophene rings is 1. The van der Waals surface area contributed by atoms with Crippen LogP contribution in [0.15, 0.2) is 30.3 Å². The average Bonchev–Trinajstić information content (AvgIpc) is 3.28. The van der Waals surface area contributed by atoms with Gasteiger partial charge in [-0.3, -0.25) is 14.4 Å². The summed E-state index contributed by atoms with van der Waals surface area (Å²) in [4.78, 5) is 40.1. The third-order valence-corrected chi connectivity index (χ3v) is 6.65. The van der Waals surface area contributed by atoms with Crippen LogP contribution >= 0.6 is 22.9 Å². The van der Waals surface area contributed by atoms with E-state index in [1.807, 2.05) is 24.3 Å². The Morgan fingerprint density at radius 2 is 1.83 bits per heavy atom. The molecule has 0 bridgehead atoms. The van der Waals surface area contributed by atoms with E-state index in [0.717, 1.165) is 48.2 Å². The number of amides is 3. The van der Waals surface area contributed by atoms with E-state index in [9.17, 15) is 18.8 Å². The van der Waals surface area contributed by atoms with E-state index in [2.05, 4.69) is 5.32 Å². The SMILES string of the molecule is O=C(NCC1CC(=O)N(c2ccc(N3CCCCC3=O)cc2)C1)c1sc(Cl)cc1F. The molecule has 4 rings (SSSR count). The summed E-state index contributed by atoms with van der Waals surface area (Å²) in [5.74, 6) is -1.13. The van der Waals surface area contributed by atoms with Gasteiger partial charge in [-0.1, -0.05) is 11.6 Å². The molecular weight excluding hydrogens is 429 g/mol. The smallest absolute Gasteiger partial charge is 0.264 e. The molecule has 30 heavy (non-hydrogen) atoms. The van der Waals surface area contributed by atoms with Gasteiger partial charge in [-0.25, -0.2) is 4.39 Å². The largest absolute Gasteiger partial charge is 0.351 e. The molecule has 6 nitrogen and oxygen atoms in total. The number of benzene rings is 1. The number of carbonyl (C=O) groups is 3.